The maximum atomic E-state index is 12.6. The summed E-state index contributed by atoms with van der Waals surface area (Å²) in [5.41, 5.74) is 0. The second kappa shape index (κ2) is 2.69. The molecule has 0 spiro atoms. The van der Waals surface area contributed by atoms with E-state index in [9.17, 15) is 12.8 Å². The van der Waals surface area contributed by atoms with Crippen molar-refractivity contribution in [3.63, 3.8) is 0 Å². The van der Waals surface area contributed by atoms with Gasteiger partial charge in [-0.1, -0.05) is 15.9 Å². The lowest BCUT2D eigenvalue weighted by Crippen LogP contribution is -2.38. The summed E-state index contributed by atoms with van der Waals surface area (Å²) in [6.07, 6.45) is 2.42. The number of alkyl halides is 2. The highest BCUT2D eigenvalue weighted by Crippen LogP contribution is 2.57. The molecule has 0 heterocycles. The molecule has 0 N–H and O–H groups in total. The van der Waals surface area contributed by atoms with E-state index >= 15 is 0 Å². The quantitative estimate of drug-likeness (QED) is 0.731. The van der Waals surface area contributed by atoms with Crippen LogP contribution in [0.3, 0.4) is 0 Å². The van der Waals surface area contributed by atoms with E-state index in [2.05, 4.69) is 15.9 Å². The molecule has 2 nitrogen and oxygen atoms in total. The molecule has 0 bridgehead atoms. The summed E-state index contributed by atoms with van der Waals surface area (Å²) in [5.74, 6) is 0. The van der Waals surface area contributed by atoms with Gasteiger partial charge in [-0.15, -0.1) is 0 Å². The van der Waals surface area contributed by atoms with E-state index in [1.165, 1.54) is 0 Å². The molecule has 76 valence electrons. The SMILES string of the molecule is O=S(=O)(C1(CF)CC1)C1(CBr)CC1. The van der Waals surface area contributed by atoms with Crippen molar-refractivity contribution < 1.29 is 12.8 Å². The second-order valence-electron chi connectivity index (χ2n) is 4.14. The molecule has 2 aliphatic carbocycles. The van der Waals surface area contributed by atoms with E-state index in [1.807, 2.05) is 0 Å². The smallest absolute Gasteiger partial charge is 0.165 e. The van der Waals surface area contributed by atoms with Crippen molar-refractivity contribution in [2.75, 3.05) is 12.0 Å². The first-order valence-corrected chi connectivity index (χ1v) is 7.00. The van der Waals surface area contributed by atoms with Crippen LogP contribution in [-0.2, 0) is 9.84 Å². The zero-order valence-corrected chi connectivity index (χ0v) is 9.63. The maximum absolute atomic E-state index is 12.6. The van der Waals surface area contributed by atoms with E-state index in [1.54, 1.807) is 0 Å². The lowest BCUT2D eigenvalue weighted by Gasteiger charge is -2.19. The zero-order chi connectivity index (χ0) is 9.74. The first-order chi connectivity index (χ1) is 6.04. The van der Waals surface area contributed by atoms with Gasteiger partial charge in [-0.3, -0.25) is 0 Å². The Morgan fingerprint density at radius 1 is 1.15 bits per heavy atom. The molecule has 0 aromatic rings. The third kappa shape index (κ3) is 1.12. The fourth-order valence-electron chi connectivity index (χ4n) is 1.69. The van der Waals surface area contributed by atoms with Crippen LogP contribution in [0.5, 0.6) is 0 Å². The Hall–Kier alpha value is 0.360. The largest absolute Gasteiger partial charge is 0.249 e. The molecule has 2 fully saturated rings. The van der Waals surface area contributed by atoms with E-state index < -0.39 is 26.0 Å². The van der Waals surface area contributed by atoms with Crippen molar-refractivity contribution in [1.29, 1.82) is 0 Å². The predicted molar refractivity (Wildman–Crippen MR) is 52.6 cm³/mol. The minimum absolute atomic E-state index is 0.462. The van der Waals surface area contributed by atoms with Crippen LogP contribution in [0.15, 0.2) is 0 Å². The van der Waals surface area contributed by atoms with Crippen LogP contribution in [0.1, 0.15) is 25.7 Å². The Labute approximate surface area is 85.9 Å². The van der Waals surface area contributed by atoms with Crippen molar-refractivity contribution in [2.24, 2.45) is 0 Å². The van der Waals surface area contributed by atoms with Gasteiger partial charge in [0.15, 0.2) is 9.84 Å². The van der Waals surface area contributed by atoms with Crippen LogP contribution < -0.4 is 0 Å². The number of rotatable bonds is 4. The van der Waals surface area contributed by atoms with Gasteiger partial charge in [0.25, 0.3) is 0 Å². The van der Waals surface area contributed by atoms with Crippen LogP contribution in [0.25, 0.3) is 0 Å². The second-order valence-corrected chi connectivity index (χ2v) is 7.44. The molecule has 0 amide bonds. The summed E-state index contributed by atoms with van der Waals surface area (Å²) in [5, 5.41) is 0.462. The fourth-order valence-corrected chi connectivity index (χ4v) is 5.64. The van der Waals surface area contributed by atoms with Crippen LogP contribution in [0.4, 0.5) is 4.39 Å². The summed E-state index contributed by atoms with van der Waals surface area (Å²) in [4.78, 5) is 0. The molecule has 2 rings (SSSR count). The van der Waals surface area contributed by atoms with Crippen molar-refractivity contribution in [1.82, 2.24) is 0 Å². The number of hydrogen-bond donors (Lipinski definition) is 0. The minimum Gasteiger partial charge on any atom is -0.249 e. The highest BCUT2D eigenvalue weighted by atomic mass is 79.9. The van der Waals surface area contributed by atoms with Gasteiger partial charge in [-0.25, -0.2) is 12.8 Å². The van der Waals surface area contributed by atoms with Gasteiger partial charge < -0.3 is 0 Å². The highest BCUT2D eigenvalue weighted by Gasteiger charge is 2.66. The Bertz CT molecular complexity index is 291. The third-order valence-corrected chi connectivity index (χ3v) is 8.04. The fraction of sp³-hybridized carbons (Fsp3) is 1.00. The molecular weight excluding hydrogens is 259 g/mol. The van der Waals surface area contributed by atoms with Crippen molar-refractivity contribution in [3.8, 4) is 0 Å². The van der Waals surface area contributed by atoms with E-state index in [0.717, 1.165) is 0 Å². The number of hydrogen-bond acceptors (Lipinski definition) is 2. The molecule has 0 aliphatic heterocycles. The first kappa shape index (κ1) is 9.90. The molecule has 0 unspecified atom stereocenters. The van der Waals surface area contributed by atoms with Gasteiger partial charge in [0.1, 0.15) is 11.4 Å². The third-order valence-electron chi connectivity index (χ3n) is 3.24. The van der Waals surface area contributed by atoms with Crippen molar-refractivity contribution in [2.45, 2.75) is 35.2 Å². The summed E-state index contributed by atoms with van der Waals surface area (Å²) < 4.78 is 35.0. The average molecular weight is 271 g/mol. The lowest BCUT2D eigenvalue weighted by molar-refractivity contribution is 0.453. The highest BCUT2D eigenvalue weighted by molar-refractivity contribution is 9.09. The molecule has 5 heteroatoms. The van der Waals surface area contributed by atoms with Gasteiger partial charge in [0, 0.05) is 5.33 Å². The maximum Gasteiger partial charge on any atom is 0.165 e. The van der Waals surface area contributed by atoms with Crippen LogP contribution >= 0.6 is 15.9 Å². The molecule has 2 saturated carbocycles. The normalized spacial score (nSPS) is 28.5. The predicted octanol–water partition coefficient (Wildman–Crippen LogP) is 1.83. The molecule has 13 heavy (non-hydrogen) atoms. The Kier molecular flexibility index (Phi) is 2.05. The summed E-state index contributed by atoms with van der Waals surface area (Å²) >= 11 is 3.22. The van der Waals surface area contributed by atoms with E-state index in [-0.39, 0.29) is 0 Å². The van der Waals surface area contributed by atoms with Crippen LogP contribution in [-0.4, -0.2) is 29.9 Å². The molecule has 0 atom stereocenters. The van der Waals surface area contributed by atoms with Gasteiger partial charge in [-0.05, 0) is 25.7 Å². The lowest BCUT2D eigenvalue weighted by atomic mass is 10.5. The van der Waals surface area contributed by atoms with Crippen LogP contribution in [0, 0.1) is 0 Å². The summed E-state index contributed by atoms with van der Waals surface area (Å²) in [7, 11) is -3.24. The molecule has 0 saturated heterocycles. The van der Waals surface area contributed by atoms with E-state index in [0.29, 0.717) is 31.0 Å². The summed E-state index contributed by atoms with van der Waals surface area (Å²) in [6.45, 7) is -0.704. The van der Waals surface area contributed by atoms with Gasteiger partial charge in [0.2, 0.25) is 0 Å². The molecule has 2 aliphatic rings. The number of halogens is 2. The van der Waals surface area contributed by atoms with Gasteiger partial charge in [-0.2, -0.15) is 0 Å². The molecule has 0 aromatic heterocycles. The monoisotopic (exact) mass is 270 g/mol. The van der Waals surface area contributed by atoms with Crippen LogP contribution in [0.2, 0.25) is 0 Å². The molecule has 0 aromatic carbocycles. The van der Waals surface area contributed by atoms with Crippen molar-refractivity contribution in [3.05, 3.63) is 0 Å². The van der Waals surface area contributed by atoms with Gasteiger partial charge in [0.05, 0.1) is 4.75 Å². The van der Waals surface area contributed by atoms with Crippen molar-refractivity contribution >= 4 is 25.8 Å². The molecule has 0 radical (unpaired) electrons. The standard InChI is InChI=1S/C8H12BrFO2S/c9-5-7(1-2-7)13(11,12)8(6-10)3-4-8/h1-6H2. The Balaban J connectivity index is 2.32. The minimum atomic E-state index is -3.24. The average Bonchev–Trinajstić information content (AvgIpc) is 3.00. The topological polar surface area (TPSA) is 34.1 Å². The summed E-state index contributed by atoms with van der Waals surface area (Å²) in [6, 6.07) is 0. The Morgan fingerprint density at radius 3 is 1.85 bits per heavy atom. The Morgan fingerprint density at radius 2 is 1.62 bits per heavy atom. The zero-order valence-electron chi connectivity index (χ0n) is 7.22. The van der Waals surface area contributed by atoms with E-state index in [4.69, 9.17) is 0 Å². The van der Waals surface area contributed by atoms with Gasteiger partial charge >= 0.3 is 0 Å². The number of sulfone groups is 1. The first-order valence-electron chi connectivity index (χ1n) is 4.40. The molecular formula is C8H12BrFO2S.